The highest BCUT2D eigenvalue weighted by atomic mass is 32.2. The predicted molar refractivity (Wildman–Crippen MR) is 362 cm³/mol. The van der Waals surface area contributed by atoms with Gasteiger partial charge < -0.3 is 43.9 Å². The molecule has 0 aromatic carbocycles. The second kappa shape index (κ2) is 77.4. The van der Waals surface area contributed by atoms with Crippen LogP contribution in [0.1, 0.15) is 214 Å². The van der Waals surface area contributed by atoms with Crippen molar-refractivity contribution < 1.29 is 77.4 Å². The van der Waals surface area contributed by atoms with Gasteiger partial charge in [-0.05, 0) is 152 Å². The number of nitrogens with zero attached hydrogens (tertiary/aromatic N) is 5. The van der Waals surface area contributed by atoms with Crippen LogP contribution in [-0.4, -0.2) is 243 Å². The summed E-state index contributed by atoms with van der Waals surface area (Å²) in [4.78, 5) is 12.5. The molecule has 23 heteroatoms. The van der Waals surface area contributed by atoms with Gasteiger partial charge in [0.2, 0.25) is 6.43 Å². The molecule has 0 aromatic heterocycles. The minimum atomic E-state index is -4.46. The molecule has 5 rings (SSSR count). The first-order valence-electron chi connectivity index (χ1n) is 29.9. The molecule has 0 spiro atoms. The Balaban J connectivity index is -0.0000000635. The molecule has 0 bridgehead atoms. The lowest BCUT2D eigenvalue weighted by atomic mass is 10.1. The van der Waals surface area contributed by atoms with Crippen LogP contribution in [0.2, 0.25) is 0 Å². The molecule has 5 heterocycles. The van der Waals surface area contributed by atoms with Crippen LogP contribution in [0, 0.1) is 11.8 Å². The molecule has 5 saturated heterocycles. The fourth-order valence-corrected chi connectivity index (χ4v) is 7.09. The van der Waals surface area contributed by atoms with Crippen molar-refractivity contribution in [2.24, 2.45) is 11.8 Å². The summed E-state index contributed by atoms with van der Waals surface area (Å²) in [7, 11) is -2.08. The highest BCUT2D eigenvalue weighted by molar-refractivity contribution is 7.89. The van der Waals surface area contributed by atoms with Crippen molar-refractivity contribution in [3.8, 4) is 0 Å². The summed E-state index contributed by atoms with van der Waals surface area (Å²) in [5.74, 6) is 1.64. The number of halogens is 8. The van der Waals surface area contributed by atoms with Crippen LogP contribution in [0.3, 0.4) is 0 Å². The summed E-state index contributed by atoms with van der Waals surface area (Å²) in [6, 6.07) is 1.46. The third kappa shape index (κ3) is 123. The van der Waals surface area contributed by atoms with Crippen molar-refractivity contribution >= 4 is 9.84 Å². The van der Waals surface area contributed by atoms with Gasteiger partial charge in [-0.3, -0.25) is 14.5 Å². The SMILES string of the molecule is C.C.C.C.C.C.CC.CC.CC(C)CN1CCCC1.CC(C)CN1CCOCC1.CC(C)N1CCCC1.CC(C)N1CCOCC1.CC(C)OCC(O)CO.CC(C)OCCN1CCCCC1.CC(F)(F)F.CC(F)F.COC(F)(F)F.CS(C)(=O)=O. The molecule has 0 aliphatic carbocycles. The number of piperidine rings is 1. The Kier molecular flexibility index (Phi) is 104. The number of methoxy groups -OCH3 is 1. The number of aliphatic hydroxyl groups excluding tert-OH is 2. The maximum Gasteiger partial charge on any atom is 0.522 e. The molecule has 2 N–H and O–H groups in total. The van der Waals surface area contributed by atoms with E-state index in [1.807, 2.05) is 41.5 Å². The number of hydrogen-bond acceptors (Lipinski definition) is 14. The zero-order chi connectivity index (χ0) is 64.6. The number of aliphatic hydroxyl groups is 2. The van der Waals surface area contributed by atoms with Crippen molar-refractivity contribution in [2.75, 3.05) is 151 Å². The van der Waals surface area contributed by atoms with E-state index < -0.39 is 34.9 Å². The Morgan fingerprint density at radius 3 is 1.02 bits per heavy atom. The first-order chi connectivity index (χ1) is 37.4. The molecule has 0 saturated carbocycles. The van der Waals surface area contributed by atoms with Gasteiger partial charge in [-0.2, -0.15) is 13.2 Å². The van der Waals surface area contributed by atoms with Gasteiger partial charge in [0.25, 0.3) is 0 Å². The van der Waals surface area contributed by atoms with E-state index in [2.05, 4.69) is 98.5 Å². The molecule has 1 atom stereocenters. The third-order valence-corrected chi connectivity index (χ3v) is 10.6. The van der Waals surface area contributed by atoms with Gasteiger partial charge in [0.1, 0.15) is 15.9 Å². The van der Waals surface area contributed by atoms with Crippen LogP contribution in [0.5, 0.6) is 0 Å². The van der Waals surface area contributed by atoms with Crippen LogP contribution in [0.25, 0.3) is 0 Å². The van der Waals surface area contributed by atoms with Gasteiger partial charge in [-0.25, -0.2) is 17.2 Å². The Morgan fingerprint density at radius 1 is 0.506 bits per heavy atom. The molecule has 0 radical (unpaired) electrons. The summed E-state index contributed by atoms with van der Waals surface area (Å²) in [6.07, 6.45) is 1.31. The fourth-order valence-electron chi connectivity index (χ4n) is 7.09. The van der Waals surface area contributed by atoms with Crippen LogP contribution in [0.4, 0.5) is 35.1 Å². The molecule has 87 heavy (non-hydrogen) atoms. The topological polar surface area (TPSA) is 137 Å². The number of hydrogen-bond donors (Lipinski definition) is 2. The minimum Gasteiger partial charge on any atom is -0.394 e. The van der Waals surface area contributed by atoms with Gasteiger partial charge in [0, 0.05) is 84.4 Å². The van der Waals surface area contributed by atoms with Crippen LogP contribution in [0.15, 0.2) is 0 Å². The van der Waals surface area contributed by atoms with Gasteiger partial charge in [-0.15, -0.1) is 13.2 Å². The number of morpholine rings is 2. The number of ether oxygens (including phenoxy) is 5. The number of alkyl halides is 8. The van der Waals surface area contributed by atoms with E-state index in [1.54, 1.807) is 0 Å². The van der Waals surface area contributed by atoms with E-state index in [9.17, 15) is 43.5 Å². The molecule has 1 unspecified atom stereocenters. The van der Waals surface area contributed by atoms with Crippen molar-refractivity contribution in [3.05, 3.63) is 0 Å². The van der Waals surface area contributed by atoms with Gasteiger partial charge >= 0.3 is 12.5 Å². The molecule has 5 aliphatic rings. The zero-order valence-corrected chi connectivity index (χ0v) is 55.9. The molecule has 5 aliphatic heterocycles. The van der Waals surface area contributed by atoms with E-state index in [0.29, 0.717) is 19.3 Å². The van der Waals surface area contributed by atoms with Crippen molar-refractivity contribution in [1.82, 2.24) is 24.5 Å². The van der Waals surface area contributed by atoms with Crippen LogP contribution in [-0.2, 0) is 33.5 Å². The molecule has 14 nitrogen and oxygen atoms in total. The third-order valence-electron chi connectivity index (χ3n) is 10.6. The summed E-state index contributed by atoms with van der Waals surface area (Å²) in [5.41, 5.74) is 0. The summed E-state index contributed by atoms with van der Waals surface area (Å²) in [5, 5.41) is 17.0. The van der Waals surface area contributed by atoms with Gasteiger partial charge in [-0.1, -0.05) is 106 Å². The maximum absolute atomic E-state index is 10.6. The second-order valence-electron chi connectivity index (χ2n) is 21.4. The van der Waals surface area contributed by atoms with E-state index in [0.717, 1.165) is 103 Å². The number of sulfone groups is 1. The average molecular weight is 1320 g/mol. The zero-order valence-electron chi connectivity index (χ0n) is 55.1. The van der Waals surface area contributed by atoms with Gasteiger partial charge in [0.05, 0.1) is 58.5 Å². The smallest absolute Gasteiger partial charge is 0.394 e. The lowest BCUT2D eigenvalue weighted by molar-refractivity contribution is -0.311. The normalized spacial score (nSPS) is 16.3. The van der Waals surface area contributed by atoms with E-state index in [-0.39, 0.29) is 70.8 Å². The number of rotatable bonds is 14. The monoisotopic (exact) mass is 1320 g/mol. The van der Waals surface area contributed by atoms with E-state index >= 15 is 0 Å². The van der Waals surface area contributed by atoms with E-state index in [4.69, 9.17) is 29.2 Å². The minimum absolute atomic E-state index is 0. The molecular weight excluding hydrogens is 1170 g/mol. The highest BCUT2D eigenvalue weighted by Crippen LogP contribution is 2.14. The number of likely N-dealkylation sites (tertiary alicyclic amines) is 3. The highest BCUT2D eigenvalue weighted by Gasteiger charge is 2.26. The molecular formula is C64H151F8N5O9S. The van der Waals surface area contributed by atoms with Crippen LogP contribution < -0.4 is 0 Å². The summed E-state index contributed by atoms with van der Waals surface area (Å²) >= 11 is 0. The Morgan fingerprint density at radius 2 is 0.770 bits per heavy atom. The Labute approximate surface area is 536 Å². The largest absolute Gasteiger partial charge is 0.522 e. The second-order valence-corrected chi connectivity index (χ2v) is 23.7. The van der Waals surface area contributed by atoms with E-state index in [1.165, 1.54) is 97.3 Å². The molecule has 5 fully saturated rings. The Bertz CT molecular complexity index is 1300. The maximum atomic E-state index is 10.6. The Hall–Kier alpha value is -1.09. The predicted octanol–water partition coefficient (Wildman–Crippen LogP) is 16.1. The van der Waals surface area contributed by atoms with Crippen LogP contribution >= 0.6 is 0 Å². The van der Waals surface area contributed by atoms with Gasteiger partial charge in [0.15, 0.2) is 0 Å². The molecule has 0 aromatic rings. The first kappa shape index (κ1) is 117. The standard InChI is InChI=1S/C10H21NO.C8H17NO.C8H17N.C7H15NO.C7H15N.C6H14O3.C2H3F3O.C2H3F3.C2H4F2.C2H6O2S.2C2H6.6CH4/c1-10(2)12-9-8-11-6-4-3-5-7-11;1-8(2)7-9-3-5-10-6-4-9;1-8(2)7-9-5-3-4-6-9;1-7(2)8-3-5-9-6-4-8;1-7(2)8-5-3-4-6-8;1-5(2)9-4-6(8)3-7;1-6-2(3,4)5;1-2(3,4)5;1-2(3)4;1-5(2,3)4;2*1-2;;;;;;/h10H,3-9H2,1-2H3;8H,3-7H2,1-2H3;8H,3-7H2,1-2H3;7H,3-6H2,1-2H3;7H,3-6H2,1-2H3;5-8H,3-4H2,1-2H3;1H3;1H3;2H,1H3;1-2H3;2*1-2H3;6*1H4. The fraction of sp³-hybridized carbons (Fsp3) is 1.00. The van der Waals surface area contributed by atoms with Crippen molar-refractivity contribution in [2.45, 2.75) is 263 Å². The lowest BCUT2D eigenvalue weighted by Crippen LogP contribution is -2.40. The van der Waals surface area contributed by atoms with Crippen molar-refractivity contribution in [1.29, 1.82) is 0 Å². The molecule has 0 amide bonds. The first-order valence-corrected chi connectivity index (χ1v) is 32.2. The van der Waals surface area contributed by atoms with Crippen molar-refractivity contribution in [3.63, 3.8) is 0 Å². The molecule has 548 valence electrons. The quantitative estimate of drug-likeness (QED) is 0.160. The average Bonchev–Trinajstić information content (AvgIpc) is 4.11. The summed E-state index contributed by atoms with van der Waals surface area (Å²) < 4.78 is 127. The summed E-state index contributed by atoms with van der Waals surface area (Å²) in [6.45, 7) is 55.7. The lowest BCUT2D eigenvalue weighted by Gasteiger charge is -2.29.